The Morgan fingerprint density at radius 3 is 2.43 bits per heavy atom. The van der Waals surface area contributed by atoms with Gasteiger partial charge in [-0.15, -0.1) is 0 Å². The van der Waals surface area contributed by atoms with Gasteiger partial charge >= 0.3 is 0 Å². The third-order valence-electron chi connectivity index (χ3n) is 10.8. The van der Waals surface area contributed by atoms with Crippen LogP contribution in [0.15, 0.2) is 11.8 Å². The SMILES string of the molecule is CC(C)CCC[C@@H](C)[C@H]1CC[C@H]2[C@@H]3CC[C@H]4CC(=O)/C(=C\O)C[C@]4(C)[C@H]3CC[C@]12C. The smallest absolute Gasteiger partial charge is 0.162 e. The molecule has 2 heteroatoms. The van der Waals surface area contributed by atoms with Crippen molar-refractivity contribution in [2.45, 2.75) is 105 Å². The summed E-state index contributed by atoms with van der Waals surface area (Å²) in [6.45, 7) is 12.4. The number of ketones is 1. The largest absolute Gasteiger partial charge is 0.515 e. The lowest BCUT2D eigenvalue weighted by atomic mass is 9.44. The van der Waals surface area contributed by atoms with Crippen LogP contribution in [0.1, 0.15) is 105 Å². The fourth-order valence-electron chi connectivity index (χ4n) is 9.15. The number of aliphatic hydroxyl groups excluding tert-OH is 1. The van der Waals surface area contributed by atoms with E-state index in [1.807, 2.05) is 0 Å². The van der Waals surface area contributed by atoms with E-state index < -0.39 is 0 Å². The van der Waals surface area contributed by atoms with Crippen LogP contribution in [0.2, 0.25) is 0 Å². The van der Waals surface area contributed by atoms with Gasteiger partial charge in [-0.3, -0.25) is 4.79 Å². The van der Waals surface area contributed by atoms with E-state index in [0.29, 0.717) is 23.3 Å². The van der Waals surface area contributed by atoms with Gasteiger partial charge in [0, 0.05) is 12.0 Å². The van der Waals surface area contributed by atoms with Crippen molar-refractivity contribution in [1.82, 2.24) is 0 Å². The normalized spacial score (nSPS) is 45.9. The Bertz CT molecular complexity index is 678. The number of aliphatic hydroxyl groups is 1. The Kier molecular flexibility index (Phi) is 6.19. The van der Waals surface area contributed by atoms with Crippen LogP contribution >= 0.6 is 0 Å². The number of carbonyl (C=O) groups excluding carboxylic acids is 1. The van der Waals surface area contributed by atoms with Gasteiger partial charge in [0.2, 0.25) is 0 Å². The zero-order chi connectivity index (χ0) is 21.7. The Morgan fingerprint density at radius 1 is 1.00 bits per heavy atom. The molecule has 0 saturated heterocycles. The fourth-order valence-corrected chi connectivity index (χ4v) is 9.15. The third kappa shape index (κ3) is 3.58. The summed E-state index contributed by atoms with van der Waals surface area (Å²) in [6, 6.07) is 0. The van der Waals surface area contributed by atoms with E-state index in [-0.39, 0.29) is 11.2 Å². The molecule has 170 valence electrons. The highest BCUT2D eigenvalue weighted by molar-refractivity contribution is 5.96. The predicted octanol–water partition coefficient (Wildman–Crippen LogP) is 7.73. The summed E-state index contributed by atoms with van der Waals surface area (Å²) in [5.41, 5.74) is 1.45. The van der Waals surface area contributed by atoms with Crippen LogP contribution in [0.4, 0.5) is 0 Å². The Hall–Kier alpha value is -0.790. The fraction of sp³-hybridized carbons (Fsp3) is 0.893. The number of allylic oxidation sites excluding steroid dienone is 1. The molecule has 2 nitrogen and oxygen atoms in total. The first-order valence-electron chi connectivity index (χ1n) is 13.1. The van der Waals surface area contributed by atoms with Crippen LogP contribution in [-0.4, -0.2) is 10.9 Å². The van der Waals surface area contributed by atoms with Gasteiger partial charge in [0.1, 0.15) is 0 Å². The van der Waals surface area contributed by atoms with Crippen LogP contribution in [0.5, 0.6) is 0 Å². The van der Waals surface area contributed by atoms with E-state index in [2.05, 4.69) is 34.6 Å². The number of Topliss-reactive ketones (excluding diaryl/α,β-unsaturated/α-hetero) is 1. The first-order valence-corrected chi connectivity index (χ1v) is 13.1. The zero-order valence-electron chi connectivity index (χ0n) is 20.3. The molecule has 0 bridgehead atoms. The molecule has 1 N–H and O–H groups in total. The second-order valence-corrected chi connectivity index (χ2v) is 12.6. The standard InChI is InChI=1S/C28H46O2/c1-18(2)7-6-8-19(3)23-11-12-24-22-10-9-21-15-26(30)20(17-29)16-28(21,5)25(22)13-14-27(23,24)4/h17-19,21-25,29H,6-16H2,1-5H3/b20-17-/t19-,21+,22+,23-,24+,25+,27-,28+/m1/s1. The van der Waals surface area contributed by atoms with Gasteiger partial charge in [-0.1, -0.05) is 53.9 Å². The number of carbonyl (C=O) groups is 1. The summed E-state index contributed by atoms with van der Waals surface area (Å²) in [5, 5.41) is 9.67. The molecule has 4 saturated carbocycles. The summed E-state index contributed by atoms with van der Waals surface area (Å²) in [6.07, 6.45) is 14.9. The predicted molar refractivity (Wildman–Crippen MR) is 124 cm³/mol. The molecule has 30 heavy (non-hydrogen) atoms. The first kappa shape index (κ1) is 22.4. The average molecular weight is 415 g/mol. The Labute approximate surface area is 185 Å². The minimum absolute atomic E-state index is 0.204. The molecule has 4 fully saturated rings. The van der Waals surface area contributed by atoms with Gasteiger partial charge in [0.15, 0.2) is 5.78 Å². The summed E-state index contributed by atoms with van der Waals surface area (Å²) >= 11 is 0. The molecule has 0 spiro atoms. The molecule has 0 unspecified atom stereocenters. The zero-order valence-corrected chi connectivity index (χ0v) is 20.3. The maximum atomic E-state index is 12.4. The molecule has 0 heterocycles. The molecule has 0 aromatic heterocycles. The molecule has 8 atom stereocenters. The lowest BCUT2D eigenvalue weighted by molar-refractivity contribution is -0.133. The molecule has 4 rings (SSSR count). The monoisotopic (exact) mass is 414 g/mol. The molecule has 0 aliphatic heterocycles. The van der Waals surface area contributed by atoms with Crippen molar-refractivity contribution in [1.29, 1.82) is 0 Å². The van der Waals surface area contributed by atoms with Crippen LogP contribution in [0.25, 0.3) is 0 Å². The minimum atomic E-state index is 0.204. The quantitative estimate of drug-likeness (QED) is 0.369. The maximum absolute atomic E-state index is 12.4. The highest BCUT2D eigenvalue weighted by Crippen LogP contribution is 2.68. The van der Waals surface area contributed by atoms with Gasteiger partial charge in [0.25, 0.3) is 0 Å². The minimum Gasteiger partial charge on any atom is -0.515 e. The van der Waals surface area contributed by atoms with Gasteiger partial charge in [-0.05, 0) is 97.2 Å². The van der Waals surface area contributed by atoms with Crippen molar-refractivity contribution < 1.29 is 9.90 Å². The van der Waals surface area contributed by atoms with Gasteiger partial charge in [0.05, 0.1) is 6.26 Å². The van der Waals surface area contributed by atoms with Gasteiger partial charge < -0.3 is 5.11 Å². The number of rotatable bonds is 5. The van der Waals surface area contributed by atoms with Crippen LogP contribution in [-0.2, 0) is 4.79 Å². The molecular weight excluding hydrogens is 368 g/mol. The summed E-state index contributed by atoms with van der Waals surface area (Å²) in [5.74, 6) is 5.79. The van der Waals surface area contributed by atoms with Crippen LogP contribution in [0, 0.1) is 52.3 Å². The lowest BCUT2D eigenvalue weighted by Gasteiger charge is -2.60. The second-order valence-electron chi connectivity index (χ2n) is 12.6. The van der Waals surface area contributed by atoms with E-state index in [4.69, 9.17) is 0 Å². The van der Waals surface area contributed by atoms with Crippen molar-refractivity contribution in [2.24, 2.45) is 52.3 Å². The van der Waals surface area contributed by atoms with Gasteiger partial charge in [-0.2, -0.15) is 0 Å². The molecule has 4 aliphatic rings. The molecular formula is C28H46O2. The molecule has 0 aromatic carbocycles. The number of hydrogen-bond donors (Lipinski definition) is 1. The average Bonchev–Trinajstić information content (AvgIpc) is 3.05. The second kappa shape index (κ2) is 8.28. The Morgan fingerprint density at radius 2 is 1.73 bits per heavy atom. The first-order chi connectivity index (χ1) is 14.2. The van der Waals surface area contributed by atoms with Gasteiger partial charge in [-0.25, -0.2) is 0 Å². The van der Waals surface area contributed by atoms with Crippen LogP contribution < -0.4 is 0 Å². The van der Waals surface area contributed by atoms with E-state index >= 15 is 0 Å². The molecule has 4 aliphatic carbocycles. The highest BCUT2D eigenvalue weighted by Gasteiger charge is 2.61. The summed E-state index contributed by atoms with van der Waals surface area (Å²) in [7, 11) is 0. The maximum Gasteiger partial charge on any atom is 0.162 e. The highest BCUT2D eigenvalue weighted by atomic mass is 16.2. The van der Waals surface area contributed by atoms with Crippen molar-refractivity contribution in [3.05, 3.63) is 11.8 Å². The van der Waals surface area contributed by atoms with Crippen molar-refractivity contribution in [2.75, 3.05) is 0 Å². The van der Waals surface area contributed by atoms with Crippen molar-refractivity contribution in [3.63, 3.8) is 0 Å². The molecule has 0 radical (unpaired) electrons. The topological polar surface area (TPSA) is 37.3 Å². The Balaban J connectivity index is 1.50. The van der Waals surface area contributed by atoms with E-state index in [9.17, 15) is 9.90 Å². The number of hydrogen-bond acceptors (Lipinski definition) is 2. The van der Waals surface area contributed by atoms with E-state index in [1.54, 1.807) is 0 Å². The van der Waals surface area contributed by atoms with E-state index in [0.717, 1.165) is 48.2 Å². The van der Waals surface area contributed by atoms with Crippen molar-refractivity contribution >= 4 is 5.78 Å². The molecule has 0 aromatic rings. The summed E-state index contributed by atoms with van der Waals surface area (Å²) in [4.78, 5) is 12.4. The number of fused-ring (bicyclic) bond motifs is 5. The van der Waals surface area contributed by atoms with Crippen LogP contribution in [0.3, 0.4) is 0 Å². The van der Waals surface area contributed by atoms with E-state index in [1.165, 1.54) is 57.8 Å². The summed E-state index contributed by atoms with van der Waals surface area (Å²) < 4.78 is 0. The molecule has 0 amide bonds. The lowest BCUT2D eigenvalue weighted by Crippen LogP contribution is -2.54. The third-order valence-corrected chi connectivity index (χ3v) is 10.8. The van der Waals surface area contributed by atoms with Crippen molar-refractivity contribution in [3.8, 4) is 0 Å².